The molecule has 1 aromatic rings. The smallest absolute Gasteiger partial charge is 0.422 e. The molecule has 0 aliphatic carbocycles. The number of hydrogen-bond acceptors (Lipinski definition) is 6. The number of carboxylic acid groups (broad SMARTS) is 1. The number of carbonyl (C=O) groups is 2. The fraction of sp³-hybridized carbons (Fsp3) is 0.182. The molecule has 1 amide bonds. The van der Waals surface area contributed by atoms with Crippen molar-refractivity contribution in [3.05, 3.63) is 30.0 Å². The van der Waals surface area contributed by atoms with Crippen LogP contribution in [0.5, 0.6) is 0 Å². The summed E-state index contributed by atoms with van der Waals surface area (Å²) in [5.41, 5.74) is 0.230. The van der Waals surface area contributed by atoms with Gasteiger partial charge in [-0.15, -0.1) is 0 Å². The van der Waals surface area contributed by atoms with Crippen LogP contribution in [0.3, 0.4) is 0 Å². The molecule has 0 spiro atoms. The molecule has 9 nitrogen and oxygen atoms in total. The summed E-state index contributed by atoms with van der Waals surface area (Å²) in [6.45, 7) is 1.55. The Hall–Kier alpha value is -2.62. The summed E-state index contributed by atoms with van der Waals surface area (Å²) in [5.74, 6) is -1.24. The largest absolute Gasteiger partial charge is 0.478 e. The van der Waals surface area contributed by atoms with E-state index in [0.717, 1.165) is 6.08 Å². The lowest BCUT2D eigenvalue weighted by atomic mass is 10.3. The molecule has 0 bridgehead atoms. The van der Waals surface area contributed by atoms with Crippen LogP contribution in [-0.4, -0.2) is 37.2 Å². The van der Waals surface area contributed by atoms with Gasteiger partial charge in [-0.1, -0.05) is 6.07 Å². The third-order valence-electron chi connectivity index (χ3n) is 1.90. The van der Waals surface area contributed by atoms with Crippen molar-refractivity contribution in [3.8, 4) is 0 Å². The van der Waals surface area contributed by atoms with E-state index in [1.807, 2.05) is 4.72 Å². The average molecular weight is 315 g/mol. The number of rotatable bonds is 6. The summed E-state index contributed by atoms with van der Waals surface area (Å²) >= 11 is 0. The molecule has 0 fully saturated rings. The van der Waals surface area contributed by atoms with Gasteiger partial charge in [0, 0.05) is 6.08 Å². The molecule has 0 saturated heterocycles. The predicted molar refractivity (Wildman–Crippen MR) is 73.6 cm³/mol. The van der Waals surface area contributed by atoms with E-state index in [0.29, 0.717) is 0 Å². The number of nitrogens with zero attached hydrogens (tertiary/aromatic N) is 1. The summed E-state index contributed by atoms with van der Waals surface area (Å²) in [6, 6.07) is 4.29. The maximum Gasteiger partial charge on any atom is 0.422 e. The van der Waals surface area contributed by atoms with Crippen molar-refractivity contribution in [2.24, 2.45) is 0 Å². The molecular weight excluding hydrogens is 302 g/mol. The van der Waals surface area contributed by atoms with Crippen LogP contribution in [0.4, 0.5) is 10.6 Å². The van der Waals surface area contributed by atoms with E-state index in [1.165, 1.54) is 31.2 Å². The van der Waals surface area contributed by atoms with Crippen LogP contribution in [0, 0.1) is 0 Å². The molecule has 0 atom stereocenters. The van der Waals surface area contributed by atoms with Gasteiger partial charge in [-0.3, -0.25) is 4.72 Å². The van der Waals surface area contributed by atoms with Gasteiger partial charge >= 0.3 is 22.3 Å². The zero-order valence-corrected chi connectivity index (χ0v) is 11.8. The van der Waals surface area contributed by atoms with Crippen molar-refractivity contribution in [3.63, 3.8) is 0 Å². The molecule has 21 heavy (non-hydrogen) atoms. The Kier molecular flexibility index (Phi) is 5.67. The van der Waals surface area contributed by atoms with Gasteiger partial charge in [-0.25, -0.2) is 19.3 Å². The van der Waals surface area contributed by atoms with Crippen LogP contribution in [0.25, 0.3) is 6.08 Å². The molecule has 0 aliphatic heterocycles. The van der Waals surface area contributed by atoms with Gasteiger partial charge in [-0.05, 0) is 25.1 Å². The molecular formula is C11H13N3O6S. The molecule has 114 valence electrons. The zero-order chi connectivity index (χ0) is 15.9. The zero-order valence-electron chi connectivity index (χ0n) is 10.9. The summed E-state index contributed by atoms with van der Waals surface area (Å²) in [5, 5.41) is 8.49. The van der Waals surface area contributed by atoms with E-state index in [2.05, 4.69) is 9.72 Å². The summed E-state index contributed by atoms with van der Waals surface area (Å²) in [7, 11) is -4.18. The van der Waals surface area contributed by atoms with E-state index in [4.69, 9.17) is 5.11 Å². The van der Waals surface area contributed by atoms with E-state index in [1.54, 1.807) is 4.72 Å². The van der Waals surface area contributed by atoms with Crippen LogP contribution >= 0.6 is 0 Å². The van der Waals surface area contributed by atoms with Gasteiger partial charge in [0.25, 0.3) is 0 Å². The number of aliphatic carboxylic acids is 1. The van der Waals surface area contributed by atoms with Gasteiger partial charge in [-0.2, -0.15) is 8.42 Å². The Morgan fingerprint density at radius 3 is 2.76 bits per heavy atom. The van der Waals surface area contributed by atoms with Crippen molar-refractivity contribution in [2.75, 3.05) is 11.3 Å². The lowest BCUT2D eigenvalue weighted by Gasteiger charge is -2.08. The number of ether oxygens (including phenoxy) is 1. The second-order valence-electron chi connectivity index (χ2n) is 3.55. The van der Waals surface area contributed by atoms with Crippen molar-refractivity contribution in [2.45, 2.75) is 6.92 Å². The molecule has 0 radical (unpaired) electrons. The minimum atomic E-state index is -4.18. The Morgan fingerprint density at radius 2 is 2.14 bits per heavy atom. The molecule has 3 N–H and O–H groups in total. The highest BCUT2D eigenvalue weighted by Gasteiger charge is 2.15. The maximum atomic E-state index is 11.6. The van der Waals surface area contributed by atoms with Crippen LogP contribution in [0.2, 0.25) is 0 Å². The highest BCUT2D eigenvalue weighted by atomic mass is 32.2. The molecule has 0 unspecified atom stereocenters. The molecule has 1 rings (SSSR count). The van der Waals surface area contributed by atoms with Crippen LogP contribution < -0.4 is 9.44 Å². The van der Waals surface area contributed by atoms with Crippen molar-refractivity contribution in [1.29, 1.82) is 0 Å². The minimum Gasteiger partial charge on any atom is -0.478 e. The van der Waals surface area contributed by atoms with Gasteiger partial charge in [0.05, 0.1) is 12.3 Å². The van der Waals surface area contributed by atoms with Crippen LogP contribution in [0.15, 0.2) is 24.3 Å². The first-order valence-electron chi connectivity index (χ1n) is 5.68. The number of aromatic nitrogens is 1. The second-order valence-corrected chi connectivity index (χ2v) is 4.96. The summed E-state index contributed by atoms with van der Waals surface area (Å²) in [6.07, 6.45) is 0.933. The number of anilines is 1. The van der Waals surface area contributed by atoms with Crippen LogP contribution in [-0.2, 0) is 19.7 Å². The normalized spacial score (nSPS) is 11.1. The molecule has 0 aliphatic rings. The van der Waals surface area contributed by atoms with E-state index in [9.17, 15) is 18.0 Å². The average Bonchev–Trinajstić information content (AvgIpc) is 2.35. The molecule has 1 aromatic heterocycles. The first-order valence-corrected chi connectivity index (χ1v) is 7.16. The lowest BCUT2D eigenvalue weighted by Crippen LogP contribution is -2.35. The lowest BCUT2D eigenvalue weighted by molar-refractivity contribution is -0.131. The van der Waals surface area contributed by atoms with Gasteiger partial charge in [0.2, 0.25) is 0 Å². The number of nitrogens with one attached hydrogen (secondary N) is 2. The number of carboxylic acids is 1. The Bertz CT molecular complexity index is 656. The van der Waals surface area contributed by atoms with Gasteiger partial charge in [0.1, 0.15) is 5.82 Å². The number of hydrogen-bond donors (Lipinski definition) is 3. The van der Waals surface area contributed by atoms with Gasteiger partial charge < -0.3 is 9.84 Å². The van der Waals surface area contributed by atoms with E-state index >= 15 is 0 Å². The Balaban J connectivity index is 2.80. The number of carbonyl (C=O) groups excluding carboxylic acids is 1. The molecule has 0 aromatic carbocycles. The minimum absolute atomic E-state index is 0.0229. The Labute approximate surface area is 120 Å². The molecule has 1 heterocycles. The quantitative estimate of drug-likeness (QED) is 0.653. The van der Waals surface area contributed by atoms with E-state index < -0.39 is 22.3 Å². The summed E-state index contributed by atoms with van der Waals surface area (Å²) < 4.78 is 31.2. The first-order chi connectivity index (χ1) is 9.82. The van der Waals surface area contributed by atoms with E-state index in [-0.39, 0.29) is 18.1 Å². The second kappa shape index (κ2) is 7.24. The fourth-order valence-electron chi connectivity index (χ4n) is 1.19. The number of pyridine rings is 1. The maximum absolute atomic E-state index is 11.6. The highest BCUT2D eigenvalue weighted by molar-refractivity contribution is 7.91. The standard InChI is InChI=1S/C11H13N3O6S/c1-2-20-11(17)14-21(18,19)13-9-5-3-4-8(12-9)6-7-10(15)16/h3-7H,2H2,1H3,(H,12,13)(H,14,17)(H,15,16)/b7-6+. The van der Waals surface area contributed by atoms with Crippen molar-refractivity contribution in [1.82, 2.24) is 9.71 Å². The summed E-state index contributed by atoms with van der Waals surface area (Å²) in [4.78, 5) is 25.3. The third kappa shape index (κ3) is 6.38. The highest BCUT2D eigenvalue weighted by Crippen LogP contribution is 2.07. The molecule has 10 heteroatoms. The van der Waals surface area contributed by atoms with Crippen LogP contribution in [0.1, 0.15) is 12.6 Å². The predicted octanol–water partition coefficient (Wildman–Crippen LogP) is 0.582. The van der Waals surface area contributed by atoms with Crippen molar-refractivity contribution < 1.29 is 27.9 Å². The third-order valence-corrected chi connectivity index (χ3v) is 2.81. The number of amides is 1. The molecule has 0 saturated carbocycles. The first kappa shape index (κ1) is 16.4. The topological polar surface area (TPSA) is 135 Å². The Morgan fingerprint density at radius 1 is 1.43 bits per heavy atom. The fourth-order valence-corrected chi connectivity index (χ4v) is 1.91. The monoisotopic (exact) mass is 315 g/mol. The van der Waals surface area contributed by atoms with Gasteiger partial charge in [0.15, 0.2) is 0 Å². The van der Waals surface area contributed by atoms with Crippen molar-refractivity contribution >= 4 is 34.2 Å². The SMILES string of the molecule is CCOC(=O)NS(=O)(=O)Nc1cccc(/C=C/C(=O)O)n1.